The molecule has 1 heterocycles. The molecule has 0 aromatic heterocycles. The number of rotatable bonds is 5. The molecule has 1 aliphatic carbocycles. The number of sulfonamides is 1. The van der Waals surface area contributed by atoms with Gasteiger partial charge in [0, 0.05) is 17.3 Å². The smallest absolute Gasteiger partial charge is 0.261 e. The van der Waals surface area contributed by atoms with Gasteiger partial charge in [0.15, 0.2) is 0 Å². The van der Waals surface area contributed by atoms with Gasteiger partial charge in [-0.15, -0.1) is 0 Å². The van der Waals surface area contributed by atoms with Crippen LogP contribution in [0.15, 0.2) is 77.7 Å². The van der Waals surface area contributed by atoms with Crippen LogP contribution in [0.25, 0.3) is 0 Å². The largest absolute Gasteiger partial charge is 0.497 e. The van der Waals surface area contributed by atoms with Crippen molar-refractivity contribution in [3.8, 4) is 5.75 Å². The maximum Gasteiger partial charge on any atom is 0.261 e. The standard InChI is InChI=1S/C27H28N2O3S/c1-17-7-10-20(15-18(17)2)29-33(30,31)22-13-14-26-25(16-22)23-5-4-6-24(23)27(28-26)19-8-11-21(32-3)12-9-19/h4-5,7-16,23-24,27-29H,6H2,1-3H3. The van der Waals surface area contributed by atoms with Crippen molar-refractivity contribution in [3.05, 3.63) is 95.1 Å². The highest BCUT2D eigenvalue weighted by atomic mass is 32.2. The molecule has 0 amide bonds. The number of allylic oxidation sites excluding steroid dienone is 2. The van der Waals surface area contributed by atoms with Gasteiger partial charge in [0.05, 0.1) is 18.0 Å². The molecule has 1 aliphatic heterocycles. The number of benzene rings is 3. The Labute approximate surface area is 195 Å². The summed E-state index contributed by atoms with van der Waals surface area (Å²) < 4.78 is 34.4. The van der Waals surface area contributed by atoms with Crippen molar-refractivity contribution < 1.29 is 13.2 Å². The van der Waals surface area contributed by atoms with Crippen LogP contribution in [0.5, 0.6) is 5.75 Å². The van der Waals surface area contributed by atoms with E-state index < -0.39 is 10.0 Å². The predicted octanol–water partition coefficient (Wildman–Crippen LogP) is 5.94. The first-order valence-electron chi connectivity index (χ1n) is 11.2. The molecule has 0 spiro atoms. The van der Waals surface area contributed by atoms with Gasteiger partial charge in [0.25, 0.3) is 10.0 Å². The van der Waals surface area contributed by atoms with Crippen LogP contribution in [0.1, 0.15) is 40.6 Å². The Kier molecular flexibility index (Phi) is 5.41. The lowest BCUT2D eigenvalue weighted by molar-refractivity contribution is 0.411. The van der Waals surface area contributed by atoms with Crippen molar-refractivity contribution >= 4 is 21.4 Å². The zero-order valence-electron chi connectivity index (χ0n) is 19.0. The Morgan fingerprint density at radius 2 is 1.76 bits per heavy atom. The van der Waals surface area contributed by atoms with E-state index in [1.54, 1.807) is 19.2 Å². The van der Waals surface area contributed by atoms with E-state index in [1.165, 1.54) is 5.56 Å². The van der Waals surface area contributed by atoms with Gasteiger partial charge in [-0.05, 0) is 90.9 Å². The molecule has 0 saturated heterocycles. The summed E-state index contributed by atoms with van der Waals surface area (Å²) in [6.07, 6.45) is 5.37. The molecule has 3 unspecified atom stereocenters. The average Bonchev–Trinajstić information content (AvgIpc) is 3.31. The monoisotopic (exact) mass is 460 g/mol. The SMILES string of the molecule is COc1ccc(C2Nc3ccc(S(=O)(=O)Nc4ccc(C)c(C)c4)cc3C3C=CCC32)cc1. The van der Waals surface area contributed by atoms with Gasteiger partial charge in [0.2, 0.25) is 0 Å². The van der Waals surface area contributed by atoms with Gasteiger partial charge in [-0.1, -0.05) is 30.4 Å². The van der Waals surface area contributed by atoms with Crippen LogP contribution in [0, 0.1) is 19.8 Å². The second-order valence-electron chi connectivity index (χ2n) is 8.90. The van der Waals surface area contributed by atoms with Crippen LogP contribution in [0.3, 0.4) is 0 Å². The Balaban J connectivity index is 1.46. The number of hydrogen-bond acceptors (Lipinski definition) is 4. The first-order chi connectivity index (χ1) is 15.9. The molecule has 3 aromatic rings. The molecular weight excluding hydrogens is 432 g/mol. The van der Waals surface area contributed by atoms with E-state index >= 15 is 0 Å². The van der Waals surface area contributed by atoms with E-state index in [4.69, 9.17) is 4.74 Å². The van der Waals surface area contributed by atoms with Crippen molar-refractivity contribution in [2.75, 3.05) is 17.1 Å². The van der Waals surface area contributed by atoms with Gasteiger partial charge in [0.1, 0.15) is 5.75 Å². The highest BCUT2D eigenvalue weighted by Gasteiger charge is 2.38. The van der Waals surface area contributed by atoms with Crippen LogP contribution in [0.2, 0.25) is 0 Å². The Bertz CT molecular complexity index is 1330. The number of aryl methyl sites for hydroxylation is 2. The minimum Gasteiger partial charge on any atom is -0.497 e. The van der Waals surface area contributed by atoms with E-state index in [9.17, 15) is 8.42 Å². The summed E-state index contributed by atoms with van der Waals surface area (Å²) in [5.74, 6) is 1.34. The fourth-order valence-electron chi connectivity index (χ4n) is 4.90. The first kappa shape index (κ1) is 21.6. The summed E-state index contributed by atoms with van der Waals surface area (Å²) in [5.41, 5.74) is 5.97. The molecule has 170 valence electrons. The number of fused-ring (bicyclic) bond motifs is 3. The van der Waals surface area contributed by atoms with Crippen LogP contribution in [-0.2, 0) is 10.0 Å². The second-order valence-corrected chi connectivity index (χ2v) is 10.6. The fourth-order valence-corrected chi connectivity index (χ4v) is 5.98. The maximum absolute atomic E-state index is 13.2. The topological polar surface area (TPSA) is 67.4 Å². The van der Waals surface area contributed by atoms with Crippen LogP contribution >= 0.6 is 0 Å². The molecule has 0 bridgehead atoms. The summed E-state index contributed by atoms with van der Waals surface area (Å²) in [5, 5.41) is 3.67. The third-order valence-corrected chi connectivity index (χ3v) is 8.26. The van der Waals surface area contributed by atoms with Gasteiger partial charge in [-0.3, -0.25) is 4.72 Å². The molecule has 0 fully saturated rings. The third kappa shape index (κ3) is 4.00. The molecule has 5 rings (SSSR count). The van der Waals surface area contributed by atoms with Crippen molar-refractivity contribution in [3.63, 3.8) is 0 Å². The summed E-state index contributed by atoms with van der Waals surface area (Å²) in [6, 6.07) is 19.3. The Hall–Kier alpha value is -3.25. The zero-order valence-corrected chi connectivity index (χ0v) is 19.8. The zero-order chi connectivity index (χ0) is 23.2. The van der Waals surface area contributed by atoms with E-state index in [1.807, 2.05) is 50.2 Å². The van der Waals surface area contributed by atoms with Crippen LogP contribution in [0.4, 0.5) is 11.4 Å². The van der Waals surface area contributed by atoms with Crippen molar-refractivity contribution in [2.45, 2.75) is 37.1 Å². The third-order valence-electron chi connectivity index (χ3n) is 6.88. The number of hydrogen-bond donors (Lipinski definition) is 2. The molecule has 33 heavy (non-hydrogen) atoms. The average molecular weight is 461 g/mol. The quantitative estimate of drug-likeness (QED) is 0.463. The summed E-state index contributed by atoms with van der Waals surface area (Å²) >= 11 is 0. The highest BCUT2D eigenvalue weighted by Crippen LogP contribution is 2.50. The summed E-state index contributed by atoms with van der Waals surface area (Å²) in [4.78, 5) is 0.281. The maximum atomic E-state index is 13.2. The van der Waals surface area contributed by atoms with E-state index in [-0.39, 0.29) is 16.9 Å². The van der Waals surface area contributed by atoms with Crippen LogP contribution < -0.4 is 14.8 Å². The van der Waals surface area contributed by atoms with Gasteiger partial charge in [-0.25, -0.2) is 8.42 Å². The van der Waals surface area contributed by atoms with Crippen LogP contribution in [-0.4, -0.2) is 15.5 Å². The van der Waals surface area contributed by atoms with E-state index in [2.05, 4.69) is 34.3 Å². The molecular formula is C27H28N2O3S. The number of ether oxygens (including phenoxy) is 1. The lowest BCUT2D eigenvalue weighted by Crippen LogP contribution is -2.29. The van der Waals surface area contributed by atoms with Crippen molar-refractivity contribution in [1.82, 2.24) is 0 Å². The van der Waals surface area contributed by atoms with Gasteiger partial charge in [-0.2, -0.15) is 0 Å². The lowest BCUT2D eigenvalue weighted by atomic mass is 9.77. The second kappa shape index (κ2) is 8.27. The fraction of sp³-hybridized carbons (Fsp3) is 0.259. The molecule has 2 N–H and O–H groups in total. The van der Waals surface area contributed by atoms with Crippen molar-refractivity contribution in [1.29, 1.82) is 0 Å². The van der Waals surface area contributed by atoms with Gasteiger partial charge < -0.3 is 10.1 Å². The highest BCUT2D eigenvalue weighted by molar-refractivity contribution is 7.92. The predicted molar refractivity (Wildman–Crippen MR) is 133 cm³/mol. The number of nitrogens with one attached hydrogen (secondary N) is 2. The minimum absolute atomic E-state index is 0.152. The molecule has 0 radical (unpaired) electrons. The summed E-state index contributed by atoms with van der Waals surface area (Å²) in [6.45, 7) is 3.98. The van der Waals surface area contributed by atoms with Gasteiger partial charge >= 0.3 is 0 Å². The molecule has 5 nitrogen and oxygen atoms in total. The molecule has 2 aliphatic rings. The lowest BCUT2D eigenvalue weighted by Gasteiger charge is -2.37. The molecule has 0 saturated carbocycles. The Morgan fingerprint density at radius 3 is 2.48 bits per heavy atom. The first-order valence-corrected chi connectivity index (χ1v) is 12.7. The molecule has 3 atom stereocenters. The molecule has 6 heteroatoms. The summed E-state index contributed by atoms with van der Waals surface area (Å²) in [7, 11) is -2.03. The van der Waals surface area contributed by atoms with E-state index in [0.29, 0.717) is 11.6 Å². The number of methoxy groups -OCH3 is 1. The van der Waals surface area contributed by atoms with Crippen molar-refractivity contribution in [2.24, 2.45) is 5.92 Å². The number of anilines is 2. The minimum atomic E-state index is -3.69. The Morgan fingerprint density at radius 1 is 0.970 bits per heavy atom. The van der Waals surface area contributed by atoms with E-state index in [0.717, 1.165) is 34.5 Å². The molecule has 3 aromatic carbocycles. The normalized spacial score (nSPS) is 21.1.